The van der Waals surface area contributed by atoms with Gasteiger partial charge in [-0.15, -0.1) is 0 Å². The van der Waals surface area contributed by atoms with Crippen LogP contribution in [0.3, 0.4) is 0 Å². The summed E-state index contributed by atoms with van der Waals surface area (Å²) in [6, 6.07) is 0.576. The van der Waals surface area contributed by atoms with Crippen LogP contribution >= 0.6 is 0 Å². The molecule has 1 heterocycles. The van der Waals surface area contributed by atoms with Gasteiger partial charge in [0.2, 0.25) is 0 Å². The number of sulfone groups is 1. The lowest BCUT2D eigenvalue weighted by Gasteiger charge is -2.40. The molecule has 1 fully saturated rings. The minimum atomic E-state index is -2.80. The summed E-state index contributed by atoms with van der Waals surface area (Å²) >= 11 is 0. The molecule has 0 aromatic rings. The molecule has 1 aliphatic rings. The summed E-state index contributed by atoms with van der Waals surface area (Å²) in [5.41, 5.74) is 0. The molecule has 0 amide bonds. The summed E-state index contributed by atoms with van der Waals surface area (Å²) in [5.74, 6) is 1.17. The lowest BCUT2D eigenvalue weighted by Crippen LogP contribution is -2.53. The van der Waals surface area contributed by atoms with Gasteiger partial charge in [0.1, 0.15) is 0 Å². The van der Waals surface area contributed by atoms with Crippen LogP contribution in [0.1, 0.15) is 34.1 Å². The van der Waals surface area contributed by atoms with E-state index in [1.54, 1.807) is 0 Å². The first-order valence-electron chi connectivity index (χ1n) is 7.04. The van der Waals surface area contributed by atoms with Crippen molar-refractivity contribution in [3.05, 3.63) is 0 Å². The molecular weight excluding hydrogens is 248 g/mol. The molecule has 0 spiro atoms. The number of rotatable bonds is 6. The highest BCUT2D eigenvalue weighted by atomic mass is 32.2. The minimum Gasteiger partial charge on any atom is -0.316 e. The normalized spacial score (nSPS) is 27.9. The van der Waals surface area contributed by atoms with Crippen molar-refractivity contribution in [1.29, 1.82) is 0 Å². The van der Waals surface area contributed by atoms with Crippen LogP contribution in [-0.4, -0.2) is 56.5 Å². The van der Waals surface area contributed by atoms with Crippen LogP contribution in [-0.2, 0) is 9.84 Å². The van der Waals surface area contributed by atoms with Crippen molar-refractivity contribution >= 4 is 9.84 Å². The Morgan fingerprint density at radius 1 is 1.39 bits per heavy atom. The monoisotopic (exact) mass is 276 g/mol. The Morgan fingerprint density at radius 2 is 2.06 bits per heavy atom. The standard InChI is InChI=1S/C13H28N2O2S/c1-5-6-14-9-11(2)13(4)15-7-8-18(16,17)10-12(15)3/h11-14H,5-10H2,1-4H3. The molecule has 0 aliphatic carbocycles. The largest absolute Gasteiger partial charge is 0.316 e. The van der Waals surface area contributed by atoms with Crippen LogP contribution in [0.4, 0.5) is 0 Å². The van der Waals surface area contributed by atoms with Crippen LogP contribution < -0.4 is 5.32 Å². The van der Waals surface area contributed by atoms with Crippen LogP contribution in [0.15, 0.2) is 0 Å². The second-order valence-electron chi connectivity index (χ2n) is 5.62. The van der Waals surface area contributed by atoms with Crippen LogP contribution in [0.5, 0.6) is 0 Å². The van der Waals surface area contributed by atoms with E-state index in [4.69, 9.17) is 0 Å². The van der Waals surface area contributed by atoms with E-state index < -0.39 is 9.84 Å². The summed E-state index contributed by atoms with van der Waals surface area (Å²) in [5, 5.41) is 3.44. The van der Waals surface area contributed by atoms with Gasteiger partial charge in [-0.05, 0) is 39.3 Å². The third-order valence-electron chi connectivity index (χ3n) is 3.96. The zero-order valence-corrected chi connectivity index (χ0v) is 13.0. The van der Waals surface area contributed by atoms with E-state index in [9.17, 15) is 8.42 Å². The zero-order chi connectivity index (χ0) is 13.8. The van der Waals surface area contributed by atoms with Gasteiger partial charge in [-0.2, -0.15) is 0 Å². The van der Waals surface area contributed by atoms with Crippen molar-refractivity contribution in [1.82, 2.24) is 10.2 Å². The highest BCUT2D eigenvalue weighted by Gasteiger charge is 2.32. The Morgan fingerprint density at radius 3 is 2.61 bits per heavy atom. The molecule has 108 valence electrons. The Labute approximate surface area is 112 Å². The van der Waals surface area contributed by atoms with Crippen molar-refractivity contribution in [2.75, 3.05) is 31.1 Å². The molecule has 5 heteroatoms. The second-order valence-corrected chi connectivity index (χ2v) is 7.85. The second kappa shape index (κ2) is 6.87. The molecule has 1 N–H and O–H groups in total. The van der Waals surface area contributed by atoms with Crippen LogP contribution in [0.2, 0.25) is 0 Å². The smallest absolute Gasteiger partial charge is 0.153 e. The maximum absolute atomic E-state index is 11.6. The summed E-state index contributed by atoms with van der Waals surface area (Å²) in [6.45, 7) is 11.4. The Bertz CT molecular complexity index is 343. The molecule has 1 saturated heterocycles. The lowest BCUT2D eigenvalue weighted by molar-refractivity contribution is 0.127. The van der Waals surface area contributed by atoms with E-state index in [0.29, 0.717) is 30.0 Å². The van der Waals surface area contributed by atoms with Crippen molar-refractivity contribution in [2.24, 2.45) is 5.92 Å². The Hall–Kier alpha value is -0.130. The third-order valence-corrected chi connectivity index (χ3v) is 5.76. The molecule has 1 rings (SSSR count). The predicted molar refractivity (Wildman–Crippen MR) is 76.6 cm³/mol. The fraction of sp³-hybridized carbons (Fsp3) is 1.00. The average Bonchev–Trinajstić information content (AvgIpc) is 2.27. The molecule has 3 atom stereocenters. The van der Waals surface area contributed by atoms with Gasteiger partial charge in [0.25, 0.3) is 0 Å². The first-order valence-corrected chi connectivity index (χ1v) is 8.86. The quantitative estimate of drug-likeness (QED) is 0.739. The van der Waals surface area contributed by atoms with Gasteiger partial charge in [-0.1, -0.05) is 13.8 Å². The van der Waals surface area contributed by atoms with E-state index in [1.807, 2.05) is 6.92 Å². The van der Waals surface area contributed by atoms with Crippen molar-refractivity contribution < 1.29 is 8.42 Å². The topological polar surface area (TPSA) is 49.4 Å². The van der Waals surface area contributed by atoms with Crippen molar-refractivity contribution in [3.8, 4) is 0 Å². The fourth-order valence-electron chi connectivity index (χ4n) is 2.62. The molecule has 3 unspecified atom stereocenters. The van der Waals surface area contributed by atoms with Crippen molar-refractivity contribution in [2.45, 2.75) is 46.2 Å². The molecule has 1 aliphatic heterocycles. The summed E-state index contributed by atoms with van der Waals surface area (Å²) in [4.78, 5) is 2.35. The third kappa shape index (κ3) is 4.52. The van der Waals surface area contributed by atoms with E-state index in [2.05, 4.69) is 31.0 Å². The SMILES string of the molecule is CCCNCC(C)C(C)N1CCS(=O)(=O)CC1C. The highest BCUT2D eigenvalue weighted by Crippen LogP contribution is 2.19. The van der Waals surface area contributed by atoms with E-state index in [0.717, 1.165) is 19.5 Å². The number of hydrogen-bond acceptors (Lipinski definition) is 4. The zero-order valence-electron chi connectivity index (χ0n) is 12.1. The van der Waals surface area contributed by atoms with Gasteiger partial charge < -0.3 is 5.32 Å². The van der Waals surface area contributed by atoms with Crippen LogP contribution in [0, 0.1) is 5.92 Å². The lowest BCUT2D eigenvalue weighted by atomic mass is 10.0. The number of hydrogen-bond donors (Lipinski definition) is 1. The molecule has 0 bridgehead atoms. The van der Waals surface area contributed by atoms with Crippen molar-refractivity contribution in [3.63, 3.8) is 0 Å². The molecule has 0 aromatic carbocycles. The Kier molecular flexibility index (Phi) is 6.08. The fourth-order valence-corrected chi connectivity index (χ4v) is 4.20. The first-order chi connectivity index (χ1) is 8.37. The molecule has 18 heavy (non-hydrogen) atoms. The molecule has 0 radical (unpaired) electrons. The predicted octanol–water partition coefficient (Wildman–Crippen LogP) is 1.13. The Balaban J connectivity index is 2.48. The molecule has 4 nitrogen and oxygen atoms in total. The van der Waals surface area contributed by atoms with Crippen LogP contribution in [0.25, 0.3) is 0 Å². The molecule has 0 saturated carbocycles. The van der Waals surface area contributed by atoms with Gasteiger partial charge >= 0.3 is 0 Å². The number of nitrogens with zero attached hydrogens (tertiary/aromatic N) is 1. The summed E-state index contributed by atoms with van der Waals surface area (Å²) < 4.78 is 23.1. The maximum Gasteiger partial charge on any atom is 0.153 e. The van der Waals surface area contributed by atoms with Gasteiger partial charge in [0.15, 0.2) is 9.84 Å². The van der Waals surface area contributed by atoms with E-state index in [-0.39, 0.29) is 6.04 Å². The number of nitrogens with one attached hydrogen (secondary N) is 1. The van der Waals surface area contributed by atoms with Gasteiger partial charge in [-0.25, -0.2) is 8.42 Å². The van der Waals surface area contributed by atoms with E-state index in [1.165, 1.54) is 0 Å². The van der Waals surface area contributed by atoms with Gasteiger partial charge in [0.05, 0.1) is 11.5 Å². The highest BCUT2D eigenvalue weighted by molar-refractivity contribution is 7.91. The average molecular weight is 276 g/mol. The van der Waals surface area contributed by atoms with Gasteiger partial charge in [0, 0.05) is 18.6 Å². The van der Waals surface area contributed by atoms with E-state index >= 15 is 0 Å². The summed E-state index contributed by atoms with van der Waals surface area (Å²) in [7, 11) is -2.80. The molecular formula is C13H28N2O2S. The molecule has 0 aromatic heterocycles. The minimum absolute atomic E-state index is 0.146. The maximum atomic E-state index is 11.6. The summed E-state index contributed by atoms with van der Waals surface area (Å²) in [6.07, 6.45) is 1.15. The van der Waals surface area contributed by atoms with Gasteiger partial charge in [-0.3, -0.25) is 4.90 Å². The first kappa shape index (κ1) is 15.9.